The SMILES string of the molecule is COc1ccc(CN[C@H](C)COC2CCC(CO[Si](c3ccccc3)(c3ccccc3)C(C)(C)C)CC2)cc1. The molecule has 3 aromatic carbocycles. The van der Waals surface area contributed by atoms with Crippen molar-refractivity contribution in [1.82, 2.24) is 5.32 Å². The minimum atomic E-state index is -2.47. The lowest BCUT2D eigenvalue weighted by molar-refractivity contribution is 0.00364. The third-order valence-electron chi connectivity index (χ3n) is 8.14. The van der Waals surface area contributed by atoms with Gasteiger partial charge in [0.05, 0.1) is 19.8 Å². The highest BCUT2D eigenvalue weighted by atomic mass is 28.4. The average molecular weight is 546 g/mol. The largest absolute Gasteiger partial charge is 0.497 e. The zero-order valence-electron chi connectivity index (χ0n) is 24.5. The maximum atomic E-state index is 7.21. The molecule has 0 aliphatic heterocycles. The quantitative estimate of drug-likeness (QED) is 0.270. The van der Waals surface area contributed by atoms with Crippen molar-refractivity contribution in [2.45, 2.75) is 77.1 Å². The summed E-state index contributed by atoms with van der Waals surface area (Å²) in [6.07, 6.45) is 4.90. The maximum absolute atomic E-state index is 7.21. The van der Waals surface area contributed by atoms with Crippen LogP contribution in [0.15, 0.2) is 84.9 Å². The van der Waals surface area contributed by atoms with Gasteiger partial charge in [0.15, 0.2) is 0 Å². The van der Waals surface area contributed by atoms with Gasteiger partial charge in [0.2, 0.25) is 0 Å². The molecular formula is C34H47NO3Si. The van der Waals surface area contributed by atoms with E-state index in [1.54, 1.807) is 7.11 Å². The highest BCUT2D eigenvalue weighted by molar-refractivity contribution is 6.99. The molecule has 4 rings (SSSR count). The third kappa shape index (κ3) is 7.61. The summed E-state index contributed by atoms with van der Waals surface area (Å²) in [5, 5.41) is 6.32. The molecule has 1 fully saturated rings. The number of benzene rings is 3. The maximum Gasteiger partial charge on any atom is 0.261 e. The summed E-state index contributed by atoms with van der Waals surface area (Å²) in [7, 11) is -0.772. The molecule has 0 heterocycles. The summed E-state index contributed by atoms with van der Waals surface area (Å²) in [5.41, 5.74) is 1.25. The highest BCUT2D eigenvalue weighted by Crippen LogP contribution is 2.38. The predicted octanol–water partition coefficient (Wildman–Crippen LogP) is 6.33. The molecule has 0 spiro atoms. The first-order valence-corrected chi connectivity index (χ1v) is 16.5. The van der Waals surface area contributed by atoms with Gasteiger partial charge in [-0.2, -0.15) is 0 Å². The molecule has 5 heteroatoms. The number of rotatable bonds is 12. The van der Waals surface area contributed by atoms with Crippen molar-refractivity contribution < 1.29 is 13.9 Å². The summed E-state index contributed by atoms with van der Waals surface area (Å²) in [4.78, 5) is 0. The molecule has 1 N–H and O–H groups in total. The Morgan fingerprint density at radius 1 is 0.821 bits per heavy atom. The first kappa shape index (κ1) is 29.5. The first-order chi connectivity index (χ1) is 18.8. The Kier molecular flexibility index (Phi) is 10.4. The number of hydrogen-bond acceptors (Lipinski definition) is 4. The second kappa shape index (κ2) is 13.8. The molecule has 0 radical (unpaired) electrons. The average Bonchev–Trinajstić information content (AvgIpc) is 2.96. The summed E-state index contributed by atoms with van der Waals surface area (Å²) in [6.45, 7) is 11.7. The van der Waals surface area contributed by atoms with Crippen LogP contribution < -0.4 is 20.4 Å². The van der Waals surface area contributed by atoms with Crippen LogP contribution in [0.1, 0.15) is 58.9 Å². The smallest absolute Gasteiger partial charge is 0.261 e. The molecule has 1 aliphatic carbocycles. The van der Waals surface area contributed by atoms with E-state index in [0.717, 1.165) is 51.2 Å². The van der Waals surface area contributed by atoms with Crippen molar-refractivity contribution in [3.05, 3.63) is 90.5 Å². The zero-order chi connectivity index (χ0) is 27.7. The van der Waals surface area contributed by atoms with Gasteiger partial charge < -0.3 is 19.2 Å². The molecular weight excluding hydrogens is 498 g/mol. The number of methoxy groups -OCH3 is 1. The van der Waals surface area contributed by atoms with Gasteiger partial charge in [-0.3, -0.25) is 0 Å². The lowest BCUT2D eigenvalue weighted by Gasteiger charge is -2.44. The Morgan fingerprint density at radius 3 is 1.90 bits per heavy atom. The Labute approximate surface area is 237 Å². The normalized spacial score (nSPS) is 19.0. The lowest BCUT2D eigenvalue weighted by Crippen LogP contribution is -2.67. The van der Waals surface area contributed by atoms with E-state index in [9.17, 15) is 0 Å². The van der Waals surface area contributed by atoms with Gasteiger partial charge in [-0.25, -0.2) is 0 Å². The topological polar surface area (TPSA) is 39.7 Å². The van der Waals surface area contributed by atoms with E-state index in [1.807, 2.05) is 12.1 Å². The molecule has 210 valence electrons. The second-order valence-electron chi connectivity index (χ2n) is 12.1. The molecule has 1 atom stereocenters. The van der Waals surface area contributed by atoms with Crippen LogP contribution >= 0.6 is 0 Å². The van der Waals surface area contributed by atoms with Crippen LogP contribution in [0, 0.1) is 5.92 Å². The monoisotopic (exact) mass is 545 g/mol. The van der Waals surface area contributed by atoms with E-state index < -0.39 is 8.32 Å². The van der Waals surface area contributed by atoms with Gasteiger partial charge in [0.1, 0.15) is 5.75 Å². The first-order valence-electron chi connectivity index (χ1n) is 14.5. The standard InChI is InChI=1S/C34H47NO3Si/c1-27(35-24-28-16-20-30(36-5)21-17-28)25-37-31-22-18-29(19-23-31)26-38-39(34(2,3)4,32-12-8-6-9-13-32)33-14-10-7-11-15-33/h6-17,20-21,27,29,31,35H,18-19,22-26H2,1-5H3/t27-,29?,31?/m1/s1. The number of nitrogens with one attached hydrogen (secondary N) is 1. The summed E-state index contributed by atoms with van der Waals surface area (Å²) >= 11 is 0. The summed E-state index contributed by atoms with van der Waals surface area (Å²) in [6, 6.07) is 30.5. The molecule has 1 aliphatic rings. The second-order valence-corrected chi connectivity index (χ2v) is 16.4. The van der Waals surface area contributed by atoms with Crippen LogP contribution in [0.25, 0.3) is 0 Å². The van der Waals surface area contributed by atoms with Crippen molar-refractivity contribution in [2.75, 3.05) is 20.3 Å². The molecule has 0 unspecified atom stereocenters. The van der Waals surface area contributed by atoms with Crippen LogP contribution in [0.3, 0.4) is 0 Å². The molecule has 0 amide bonds. The van der Waals surface area contributed by atoms with Gasteiger partial charge in [0, 0.05) is 19.2 Å². The van der Waals surface area contributed by atoms with E-state index in [1.165, 1.54) is 15.9 Å². The predicted molar refractivity (Wildman–Crippen MR) is 165 cm³/mol. The third-order valence-corrected chi connectivity index (χ3v) is 13.1. The Hall–Kier alpha value is -2.44. The van der Waals surface area contributed by atoms with Crippen molar-refractivity contribution in [3.8, 4) is 5.75 Å². The Morgan fingerprint density at radius 2 is 1.38 bits per heavy atom. The number of ether oxygens (including phenoxy) is 2. The lowest BCUT2D eigenvalue weighted by atomic mass is 9.88. The van der Waals surface area contributed by atoms with E-state index in [2.05, 4.69) is 106 Å². The molecule has 4 nitrogen and oxygen atoms in total. The van der Waals surface area contributed by atoms with Crippen LogP contribution in [0.5, 0.6) is 5.75 Å². The highest BCUT2D eigenvalue weighted by Gasteiger charge is 2.50. The van der Waals surface area contributed by atoms with Crippen molar-refractivity contribution in [2.24, 2.45) is 5.92 Å². The Bertz CT molecular complexity index is 1070. The van der Waals surface area contributed by atoms with Crippen LogP contribution in [-0.4, -0.2) is 40.8 Å². The fraction of sp³-hybridized carbons (Fsp3) is 0.471. The van der Waals surface area contributed by atoms with Gasteiger partial charge in [-0.1, -0.05) is 93.6 Å². The fourth-order valence-electron chi connectivity index (χ4n) is 5.84. The Balaban J connectivity index is 1.29. The zero-order valence-corrected chi connectivity index (χ0v) is 25.5. The van der Waals surface area contributed by atoms with Crippen molar-refractivity contribution in [3.63, 3.8) is 0 Å². The van der Waals surface area contributed by atoms with E-state index >= 15 is 0 Å². The van der Waals surface area contributed by atoms with Gasteiger partial charge in [-0.05, 0) is 71.6 Å². The summed E-state index contributed by atoms with van der Waals surface area (Å²) in [5.74, 6) is 1.47. The van der Waals surface area contributed by atoms with Crippen LogP contribution in [0.4, 0.5) is 0 Å². The fourth-order valence-corrected chi connectivity index (χ4v) is 10.5. The minimum absolute atomic E-state index is 0.0188. The van der Waals surface area contributed by atoms with Crippen LogP contribution in [0.2, 0.25) is 5.04 Å². The van der Waals surface area contributed by atoms with Crippen LogP contribution in [-0.2, 0) is 15.7 Å². The molecule has 1 saturated carbocycles. The van der Waals surface area contributed by atoms with E-state index in [4.69, 9.17) is 13.9 Å². The number of hydrogen-bond donors (Lipinski definition) is 1. The summed E-state index contributed by atoms with van der Waals surface area (Å²) < 4.78 is 18.8. The van der Waals surface area contributed by atoms with Crippen molar-refractivity contribution in [1.29, 1.82) is 0 Å². The van der Waals surface area contributed by atoms with Crippen molar-refractivity contribution >= 4 is 18.7 Å². The van der Waals surface area contributed by atoms with Gasteiger partial charge >= 0.3 is 0 Å². The van der Waals surface area contributed by atoms with Gasteiger partial charge in [-0.15, -0.1) is 0 Å². The minimum Gasteiger partial charge on any atom is -0.497 e. The van der Waals surface area contributed by atoms with E-state index in [-0.39, 0.29) is 5.04 Å². The van der Waals surface area contributed by atoms with Gasteiger partial charge in [0.25, 0.3) is 8.32 Å². The molecule has 3 aromatic rings. The molecule has 0 aromatic heterocycles. The molecule has 0 bridgehead atoms. The van der Waals surface area contributed by atoms with E-state index in [0.29, 0.717) is 18.1 Å². The molecule has 39 heavy (non-hydrogen) atoms. The molecule has 0 saturated heterocycles.